The van der Waals surface area contributed by atoms with E-state index in [1.54, 1.807) is 0 Å². The van der Waals surface area contributed by atoms with Crippen LogP contribution in [0, 0.1) is 27.7 Å². The topological polar surface area (TPSA) is 49.4 Å². The number of nitrogens with zero attached hydrogens (tertiary/aromatic N) is 4. The van der Waals surface area contributed by atoms with Crippen molar-refractivity contribution in [2.24, 2.45) is 20.0 Å². The zero-order valence-corrected chi connectivity index (χ0v) is 19.7. The zero-order valence-electron chi connectivity index (χ0n) is 19.7. The highest BCUT2D eigenvalue weighted by Crippen LogP contribution is 2.35. The lowest BCUT2D eigenvalue weighted by molar-refractivity contribution is 1.20. The van der Waals surface area contributed by atoms with E-state index in [0.717, 1.165) is 51.2 Å². The monoisotopic (exact) mass is 440 g/mol. The van der Waals surface area contributed by atoms with E-state index in [1.807, 2.05) is 54.7 Å². The van der Waals surface area contributed by atoms with Gasteiger partial charge in [-0.15, -0.1) is 0 Å². The van der Waals surface area contributed by atoms with Crippen molar-refractivity contribution in [1.29, 1.82) is 0 Å². The lowest BCUT2D eigenvalue weighted by atomic mass is 9.89. The van der Waals surface area contributed by atoms with E-state index in [1.165, 1.54) is 27.8 Å². The third kappa shape index (κ3) is 3.57. The average molecular weight is 441 g/mol. The fraction of sp³-hybridized carbons (Fsp3) is 0.133. The Morgan fingerprint density at radius 3 is 1.59 bits per heavy atom. The standard InChI is InChI=1S/C30H24N4/c1-17-11-28(20(4)19(3)18(17)2)29-15-27-14-25-8-7-23(32-25)12-21-5-6-22(31-21)13-24-9-10-26(33-24)16-30(29)34-27/h5-16H,1-4H3. The summed E-state index contributed by atoms with van der Waals surface area (Å²) in [6.45, 7) is 8.76. The van der Waals surface area contributed by atoms with Crippen molar-refractivity contribution in [1.82, 2.24) is 0 Å². The SMILES string of the molecule is Cc1cc(C2=CC3=NC2=CC2=NC(=CC4=NC(=CC5=NC(=C3)C=C5)C=C4)C=C2)c(C)c(C)c1C. The Hall–Kier alpha value is -4.18. The number of hydrogen-bond acceptors (Lipinski definition) is 4. The lowest BCUT2D eigenvalue weighted by Crippen LogP contribution is -1.99. The van der Waals surface area contributed by atoms with Crippen LogP contribution in [-0.4, -0.2) is 22.8 Å². The number of rotatable bonds is 1. The molecule has 34 heavy (non-hydrogen) atoms. The van der Waals surface area contributed by atoms with E-state index in [4.69, 9.17) is 15.0 Å². The molecule has 5 aliphatic rings. The number of hydrogen-bond donors (Lipinski definition) is 0. The molecular weight excluding hydrogens is 416 g/mol. The van der Waals surface area contributed by atoms with Crippen LogP contribution in [0.4, 0.5) is 0 Å². The summed E-state index contributed by atoms with van der Waals surface area (Å²) in [7, 11) is 0. The van der Waals surface area contributed by atoms with Crippen LogP contribution in [0.3, 0.4) is 0 Å². The summed E-state index contributed by atoms with van der Waals surface area (Å²) in [4.78, 5) is 19.2. The zero-order chi connectivity index (χ0) is 23.4. The Bertz CT molecular complexity index is 1550. The Labute approximate surface area is 199 Å². The number of aryl methyl sites for hydroxylation is 1. The Morgan fingerprint density at radius 1 is 0.471 bits per heavy atom. The molecule has 5 aliphatic heterocycles. The van der Waals surface area contributed by atoms with E-state index < -0.39 is 0 Å². The molecule has 0 unspecified atom stereocenters. The molecule has 0 aromatic heterocycles. The first-order valence-corrected chi connectivity index (χ1v) is 11.5. The molecule has 0 saturated carbocycles. The second kappa shape index (κ2) is 7.70. The fourth-order valence-corrected chi connectivity index (χ4v) is 4.60. The highest BCUT2D eigenvalue weighted by atomic mass is 14.8. The third-order valence-electron chi connectivity index (χ3n) is 6.81. The maximum Gasteiger partial charge on any atom is 0.0737 e. The molecule has 0 spiro atoms. The number of aliphatic imine (C=N–C) groups is 4. The summed E-state index contributed by atoms with van der Waals surface area (Å²) in [5.41, 5.74) is 14.7. The molecule has 5 heterocycles. The van der Waals surface area contributed by atoms with Crippen LogP contribution in [0.5, 0.6) is 0 Å². The molecule has 0 aliphatic carbocycles. The van der Waals surface area contributed by atoms with Gasteiger partial charge in [0.05, 0.1) is 45.6 Å². The van der Waals surface area contributed by atoms with Gasteiger partial charge in [-0.25, -0.2) is 20.0 Å². The predicted octanol–water partition coefficient (Wildman–Crippen LogP) is 6.34. The van der Waals surface area contributed by atoms with E-state index >= 15 is 0 Å². The summed E-state index contributed by atoms with van der Waals surface area (Å²) >= 11 is 0. The van der Waals surface area contributed by atoms with Crippen molar-refractivity contribution < 1.29 is 0 Å². The van der Waals surface area contributed by atoms with Crippen LogP contribution in [-0.2, 0) is 0 Å². The molecule has 0 amide bonds. The molecule has 164 valence electrons. The lowest BCUT2D eigenvalue weighted by Gasteiger charge is -2.15. The van der Waals surface area contributed by atoms with Gasteiger partial charge in [-0.2, -0.15) is 0 Å². The largest absolute Gasteiger partial charge is 0.249 e. The summed E-state index contributed by atoms with van der Waals surface area (Å²) in [6, 6.07) is 2.28. The van der Waals surface area contributed by atoms with Crippen molar-refractivity contribution in [2.45, 2.75) is 27.7 Å². The average Bonchev–Trinajstić information content (AvgIpc) is 3.60. The van der Waals surface area contributed by atoms with E-state index in [-0.39, 0.29) is 0 Å². The molecule has 8 bridgehead atoms. The third-order valence-corrected chi connectivity index (χ3v) is 6.81. The molecule has 1 aromatic carbocycles. The molecule has 6 rings (SSSR count). The molecule has 1 aromatic rings. The Morgan fingerprint density at radius 2 is 1.00 bits per heavy atom. The smallest absolute Gasteiger partial charge is 0.0737 e. The predicted molar refractivity (Wildman–Crippen MR) is 143 cm³/mol. The van der Waals surface area contributed by atoms with Crippen LogP contribution >= 0.6 is 0 Å². The molecular formula is C30H24N4. The molecule has 0 fully saturated rings. The van der Waals surface area contributed by atoms with E-state index in [0.29, 0.717) is 0 Å². The van der Waals surface area contributed by atoms with Gasteiger partial charge in [0, 0.05) is 5.57 Å². The van der Waals surface area contributed by atoms with Crippen LogP contribution in [0.25, 0.3) is 5.57 Å². The van der Waals surface area contributed by atoms with Crippen molar-refractivity contribution >= 4 is 28.4 Å². The summed E-state index contributed by atoms with van der Waals surface area (Å²) in [5, 5.41) is 0. The first kappa shape index (κ1) is 20.4. The molecule has 0 atom stereocenters. The summed E-state index contributed by atoms with van der Waals surface area (Å²) in [5.74, 6) is 0. The summed E-state index contributed by atoms with van der Waals surface area (Å²) < 4.78 is 0. The molecule has 0 radical (unpaired) electrons. The minimum absolute atomic E-state index is 0.883. The van der Waals surface area contributed by atoms with E-state index in [2.05, 4.69) is 50.9 Å². The first-order chi connectivity index (χ1) is 16.4. The van der Waals surface area contributed by atoms with E-state index in [9.17, 15) is 0 Å². The van der Waals surface area contributed by atoms with Gasteiger partial charge < -0.3 is 0 Å². The van der Waals surface area contributed by atoms with Crippen molar-refractivity contribution in [3.63, 3.8) is 0 Å². The van der Waals surface area contributed by atoms with Crippen LogP contribution in [0.2, 0.25) is 0 Å². The summed E-state index contributed by atoms with van der Waals surface area (Å²) in [6.07, 6.45) is 22.4. The minimum atomic E-state index is 0.883. The van der Waals surface area contributed by atoms with Crippen molar-refractivity contribution in [2.75, 3.05) is 0 Å². The molecule has 0 saturated heterocycles. The van der Waals surface area contributed by atoms with Gasteiger partial charge in [-0.05, 0) is 122 Å². The molecule has 0 N–H and O–H groups in total. The van der Waals surface area contributed by atoms with Crippen LogP contribution in [0.1, 0.15) is 27.8 Å². The van der Waals surface area contributed by atoms with Crippen molar-refractivity contribution in [3.05, 3.63) is 124 Å². The van der Waals surface area contributed by atoms with Crippen LogP contribution < -0.4 is 0 Å². The number of fused-ring (bicyclic) bond motifs is 4. The Kier molecular flexibility index (Phi) is 4.63. The quantitative estimate of drug-likeness (QED) is 0.489. The normalized spacial score (nSPS) is 19.8. The van der Waals surface area contributed by atoms with Crippen molar-refractivity contribution in [3.8, 4) is 0 Å². The maximum atomic E-state index is 4.99. The second-order valence-corrected chi connectivity index (χ2v) is 9.06. The highest BCUT2D eigenvalue weighted by Gasteiger charge is 2.21. The number of benzene rings is 1. The maximum absolute atomic E-state index is 4.99. The van der Waals surface area contributed by atoms with Gasteiger partial charge in [-0.3, -0.25) is 0 Å². The van der Waals surface area contributed by atoms with Gasteiger partial charge in [0.15, 0.2) is 0 Å². The molecule has 4 nitrogen and oxygen atoms in total. The second-order valence-electron chi connectivity index (χ2n) is 9.06. The molecule has 4 heteroatoms. The number of allylic oxidation sites excluding steroid dienone is 12. The highest BCUT2D eigenvalue weighted by molar-refractivity contribution is 6.19. The first-order valence-electron chi connectivity index (χ1n) is 11.5. The van der Waals surface area contributed by atoms with Gasteiger partial charge in [0.2, 0.25) is 0 Å². The minimum Gasteiger partial charge on any atom is -0.249 e. The van der Waals surface area contributed by atoms with Gasteiger partial charge in [0.1, 0.15) is 0 Å². The van der Waals surface area contributed by atoms with Gasteiger partial charge in [0.25, 0.3) is 0 Å². The van der Waals surface area contributed by atoms with Gasteiger partial charge in [-0.1, -0.05) is 6.07 Å². The van der Waals surface area contributed by atoms with Crippen LogP contribution in [0.15, 0.2) is 116 Å². The Balaban J connectivity index is 1.53. The fourth-order valence-electron chi connectivity index (χ4n) is 4.60. The van der Waals surface area contributed by atoms with Gasteiger partial charge >= 0.3 is 0 Å².